The number of rotatable bonds is 7. The number of hydrogen-bond acceptors (Lipinski definition) is 4. The Hall–Kier alpha value is -3.44. The molecule has 1 aliphatic rings. The summed E-state index contributed by atoms with van der Waals surface area (Å²) in [5.41, 5.74) is 3.30. The predicted molar refractivity (Wildman–Crippen MR) is 121 cm³/mol. The number of Topliss-reactive ketones (excluding diaryl/α,β-unsaturated/α-hetero) is 1. The molecular formula is C27H26O5. The quantitative estimate of drug-likeness (QED) is 0.538. The number of hydrogen-bond donors (Lipinski definition) is 2. The first-order valence-electron chi connectivity index (χ1n) is 10.6. The molecule has 1 aliphatic carbocycles. The zero-order valence-corrected chi connectivity index (χ0v) is 18.2. The molecule has 1 atom stereocenters. The van der Waals surface area contributed by atoms with Gasteiger partial charge in [-0.15, -0.1) is 0 Å². The van der Waals surface area contributed by atoms with Crippen LogP contribution in [0.1, 0.15) is 50.7 Å². The molecule has 0 radical (unpaired) electrons. The van der Waals surface area contributed by atoms with E-state index in [9.17, 15) is 19.8 Å². The highest BCUT2D eigenvalue weighted by atomic mass is 16.5. The summed E-state index contributed by atoms with van der Waals surface area (Å²) in [6.45, 7) is 1.91. The van der Waals surface area contributed by atoms with Crippen LogP contribution in [0.15, 0.2) is 66.7 Å². The molecule has 0 amide bonds. The standard InChI is InChI=1S/C27H26O5/c1-17-7-3-6-10-21(17)25(29)22-13-18(11-12-24(22)32-2)23(28)16-27(26(30)31)14-19-8-4-5-9-20(19)15-27/h3-13,25,29H,14-16H2,1-2H3,(H,30,31). The van der Waals surface area contributed by atoms with E-state index < -0.39 is 17.5 Å². The summed E-state index contributed by atoms with van der Waals surface area (Å²) < 4.78 is 5.43. The highest BCUT2D eigenvalue weighted by molar-refractivity contribution is 5.99. The van der Waals surface area contributed by atoms with E-state index in [2.05, 4.69) is 0 Å². The van der Waals surface area contributed by atoms with E-state index in [-0.39, 0.29) is 12.2 Å². The molecule has 0 saturated carbocycles. The Balaban J connectivity index is 1.65. The number of aliphatic hydroxyl groups is 1. The average Bonchev–Trinajstić information content (AvgIpc) is 3.18. The van der Waals surface area contributed by atoms with Crippen molar-refractivity contribution in [2.24, 2.45) is 5.41 Å². The number of aliphatic hydroxyl groups excluding tert-OH is 1. The van der Waals surface area contributed by atoms with E-state index in [1.165, 1.54) is 7.11 Å². The van der Waals surface area contributed by atoms with Crippen LogP contribution in [0.3, 0.4) is 0 Å². The monoisotopic (exact) mass is 430 g/mol. The van der Waals surface area contributed by atoms with Crippen LogP contribution < -0.4 is 4.74 Å². The van der Waals surface area contributed by atoms with Gasteiger partial charge < -0.3 is 14.9 Å². The molecule has 3 aromatic carbocycles. The lowest BCUT2D eigenvalue weighted by Gasteiger charge is -2.23. The minimum atomic E-state index is -1.16. The zero-order valence-electron chi connectivity index (χ0n) is 18.2. The Morgan fingerprint density at radius 1 is 0.969 bits per heavy atom. The van der Waals surface area contributed by atoms with Crippen molar-refractivity contribution >= 4 is 11.8 Å². The number of methoxy groups -OCH3 is 1. The largest absolute Gasteiger partial charge is 0.496 e. The number of ketones is 1. The Bertz CT molecular complexity index is 1160. The predicted octanol–water partition coefficient (Wildman–Crippen LogP) is 4.53. The Labute approximate surface area is 187 Å². The van der Waals surface area contributed by atoms with Crippen molar-refractivity contribution in [2.75, 3.05) is 7.11 Å². The van der Waals surface area contributed by atoms with Gasteiger partial charge in [-0.2, -0.15) is 0 Å². The molecule has 0 bridgehead atoms. The number of fused-ring (bicyclic) bond motifs is 1. The van der Waals surface area contributed by atoms with E-state index in [0.717, 1.165) is 22.3 Å². The molecule has 0 aromatic heterocycles. The molecule has 0 saturated heterocycles. The number of carbonyl (C=O) groups is 2. The minimum absolute atomic E-state index is 0.108. The highest BCUT2D eigenvalue weighted by Crippen LogP contribution is 2.41. The number of aliphatic carboxylic acids is 1. The van der Waals surface area contributed by atoms with Crippen molar-refractivity contribution in [1.29, 1.82) is 0 Å². The third-order valence-corrected chi connectivity index (χ3v) is 6.46. The van der Waals surface area contributed by atoms with Gasteiger partial charge in [0.2, 0.25) is 0 Å². The summed E-state index contributed by atoms with van der Waals surface area (Å²) >= 11 is 0. The molecule has 2 N–H and O–H groups in total. The number of aryl methyl sites for hydroxylation is 1. The Morgan fingerprint density at radius 2 is 1.59 bits per heavy atom. The van der Waals surface area contributed by atoms with Crippen LogP contribution in [0, 0.1) is 12.3 Å². The summed E-state index contributed by atoms with van der Waals surface area (Å²) in [4.78, 5) is 25.5. The smallest absolute Gasteiger partial charge is 0.310 e. The summed E-state index contributed by atoms with van der Waals surface area (Å²) in [6, 6.07) is 20.0. The number of ether oxygens (including phenoxy) is 1. The number of carbonyl (C=O) groups excluding carboxylic acids is 1. The van der Waals surface area contributed by atoms with Gasteiger partial charge in [-0.3, -0.25) is 9.59 Å². The maximum atomic E-state index is 13.3. The van der Waals surface area contributed by atoms with E-state index in [1.54, 1.807) is 18.2 Å². The van der Waals surface area contributed by atoms with Gasteiger partial charge in [-0.25, -0.2) is 0 Å². The summed E-state index contributed by atoms with van der Waals surface area (Å²) in [6.07, 6.45) is -0.412. The minimum Gasteiger partial charge on any atom is -0.496 e. The summed E-state index contributed by atoms with van der Waals surface area (Å²) in [7, 11) is 1.51. The SMILES string of the molecule is COc1ccc(C(=O)CC2(C(=O)O)Cc3ccccc3C2)cc1C(O)c1ccccc1C. The molecule has 0 aliphatic heterocycles. The summed E-state index contributed by atoms with van der Waals surface area (Å²) in [5.74, 6) is -0.754. The molecule has 0 heterocycles. The van der Waals surface area contributed by atoms with E-state index in [0.29, 0.717) is 29.7 Å². The first-order chi connectivity index (χ1) is 15.3. The van der Waals surface area contributed by atoms with Gasteiger partial charge in [-0.1, -0.05) is 48.5 Å². The summed E-state index contributed by atoms with van der Waals surface area (Å²) in [5, 5.41) is 21.1. The highest BCUT2D eigenvalue weighted by Gasteiger charge is 2.45. The van der Waals surface area contributed by atoms with Crippen molar-refractivity contribution in [3.63, 3.8) is 0 Å². The van der Waals surface area contributed by atoms with Crippen LogP contribution in [0.25, 0.3) is 0 Å². The number of carboxylic acid groups (broad SMARTS) is 1. The van der Waals surface area contributed by atoms with Gasteiger partial charge in [0, 0.05) is 17.5 Å². The second kappa shape index (κ2) is 8.60. The van der Waals surface area contributed by atoms with Crippen molar-refractivity contribution in [3.05, 3.63) is 100 Å². The van der Waals surface area contributed by atoms with Crippen LogP contribution in [-0.4, -0.2) is 29.1 Å². The molecule has 0 spiro atoms. The van der Waals surface area contributed by atoms with Gasteiger partial charge in [0.05, 0.1) is 12.5 Å². The molecule has 4 rings (SSSR count). The number of benzene rings is 3. The van der Waals surface area contributed by atoms with Crippen molar-refractivity contribution in [3.8, 4) is 5.75 Å². The van der Waals surface area contributed by atoms with E-state index >= 15 is 0 Å². The molecule has 32 heavy (non-hydrogen) atoms. The maximum Gasteiger partial charge on any atom is 0.310 e. The normalized spacial score (nSPS) is 15.1. The van der Waals surface area contributed by atoms with Gasteiger partial charge in [0.15, 0.2) is 5.78 Å². The lowest BCUT2D eigenvalue weighted by Crippen LogP contribution is -2.34. The Morgan fingerprint density at radius 3 is 2.19 bits per heavy atom. The van der Waals surface area contributed by atoms with Gasteiger partial charge in [-0.05, 0) is 60.2 Å². The average molecular weight is 431 g/mol. The van der Waals surface area contributed by atoms with Gasteiger partial charge >= 0.3 is 5.97 Å². The van der Waals surface area contributed by atoms with Crippen LogP contribution in [-0.2, 0) is 17.6 Å². The second-order valence-electron chi connectivity index (χ2n) is 8.52. The topological polar surface area (TPSA) is 83.8 Å². The number of carboxylic acids is 1. The molecule has 5 nitrogen and oxygen atoms in total. The fraction of sp³-hybridized carbons (Fsp3) is 0.259. The molecule has 0 fully saturated rings. The van der Waals surface area contributed by atoms with Crippen molar-refractivity contribution in [1.82, 2.24) is 0 Å². The maximum absolute atomic E-state index is 13.3. The zero-order chi connectivity index (χ0) is 22.9. The fourth-order valence-corrected chi connectivity index (χ4v) is 4.64. The van der Waals surface area contributed by atoms with Crippen LogP contribution >= 0.6 is 0 Å². The fourth-order valence-electron chi connectivity index (χ4n) is 4.64. The van der Waals surface area contributed by atoms with Gasteiger partial charge in [0.25, 0.3) is 0 Å². The molecule has 1 unspecified atom stereocenters. The first kappa shape index (κ1) is 21.8. The van der Waals surface area contributed by atoms with Crippen molar-refractivity contribution in [2.45, 2.75) is 32.3 Å². The van der Waals surface area contributed by atoms with Crippen LogP contribution in [0.5, 0.6) is 5.75 Å². The van der Waals surface area contributed by atoms with Crippen molar-refractivity contribution < 1.29 is 24.5 Å². The second-order valence-corrected chi connectivity index (χ2v) is 8.52. The Kier molecular flexibility index (Phi) is 5.85. The molecule has 3 aromatic rings. The third-order valence-electron chi connectivity index (χ3n) is 6.46. The molecule has 5 heteroatoms. The van der Waals surface area contributed by atoms with Crippen LogP contribution in [0.4, 0.5) is 0 Å². The van der Waals surface area contributed by atoms with E-state index in [1.807, 2.05) is 55.5 Å². The molecule has 164 valence electrons. The van der Waals surface area contributed by atoms with E-state index in [4.69, 9.17) is 4.74 Å². The lowest BCUT2D eigenvalue weighted by molar-refractivity contribution is -0.148. The van der Waals surface area contributed by atoms with Gasteiger partial charge in [0.1, 0.15) is 11.9 Å². The third kappa shape index (κ3) is 3.92. The molecular weight excluding hydrogens is 404 g/mol. The first-order valence-corrected chi connectivity index (χ1v) is 10.6. The lowest BCUT2D eigenvalue weighted by atomic mass is 9.78. The van der Waals surface area contributed by atoms with Crippen LogP contribution in [0.2, 0.25) is 0 Å².